The van der Waals surface area contributed by atoms with E-state index in [0.29, 0.717) is 24.5 Å². The van der Waals surface area contributed by atoms with Gasteiger partial charge in [0.25, 0.3) is 0 Å². The number of thioether (sulfide) groups is 1. The first kappa shape index (κ1) is 24.9. The topological polar surface area (TPSA) is 118 Å². The summed E-state index contributed by atoms with van der Waals surface area (Å²) >= 11 is 1.04. The minimum atomic E-state index is -1.23. The van der Waals surface area contributed by atoms with Gasteiger partial charge in [-0.05, 0) is 30.2 Å². The number of carbonyl (C=O) groups excluding carboxylic acids is 3. The van der Waals surface area contributed by atoms with Crippen molar-refractivity contribution in [2.45, 2.75) is 19.4 Å². The van der Waals surface area contributed by atoms with Crippen LogP contribution in [0, 0.1) is 17.2 Å². The van der Waals surface area contributed by atoms with Crippen molar-refractivity contribution in [2.75, 3.05) is 19.5 Å². The van der Waals surface area contributed by atoms with Gasteiger partial charge in [-0.15, -0.1) is 0 Å². The fraction of sp³-hybridized carbons (Fsp3) is 0.280. The Balaban J connectivity index is 1.83. The minimum Gasteiger partial charge on any atom is -0.494 e. The highest BCUT2D eigenvalue weighted by atomic mass is 32.2. The lowest BCUT2D eigenvalue weighted by Crippen LogP contribution is -2.44. The van der Waals surface area contributed by atoms with E-state index < -0.39 is 23.7 Å². The van der Waals surface area contributed by atoms with Crippen LogP contribution >= 0.6 is 11.8 Å². The number of hydrogen-bond acceptors (Lipinski definition) is 7. The maximum atomic E-state index is 12.9. The lowest BCUT2D eigenvalue weighted by atomic mass is 9.78. The number of methoxy groups -OCH3 is 1. The zero-order valence-corrected chi connectivity index (χ0v) is 19.7. The first-order chi connectivity index (χ1) is 16.5. The van der Waals surface area contributed by atoms with Gasteiger partial charge in [-0.1, -0.05) is 54.2 Å². The van der Waals surface area contributed by atoms with Crippen LogP contribution in [0.3, 0.4) is 0 Å². The Kier molecular flexibility index (Phi) is 8.71. The van der Waals surface area contributed by atoms with Gasteiger partial charge >= 0.3 is 5.97 Å². The molecule has 0 radical (unpaired) electrons. The monoisotopic (exact) mass is 479 g/mol. The maximum absolute atomic E-state index is 12.9. The Morgan fingerprint density at radius 1 is 1.15 bits per heavy atom. The molecule has 34 heavy (non-hydrogen) atoms. The fourth-order valence-electron chi connectivity index (χ4n) is 3.60. The zero-order valence-electron chi connectivity index (χ0n) is 18.9. The van der Waals surface area contributed by atoms with Crippen molar-refractivity contribution >= 4 is 29.5 Å². The van der Waals surface area contributed by atoms with Crippen LogP contribution < -0.4 is 15.4 Å². The van der Waals surface area contributed by atoms with E-state index in [1.807, 2.05) is 37.3 Å². The van der Waals surface area contributed by atoms with Crippen LogP contribution in [0.1, 0.15) is 24.0 Å². The van der Waals surface area contributed by atoms with E-state index in [4.69, 9.17) is 9.47 Å². The molecule has 0 fully saturated rings. The Hall–Kier alpha value is -3.77. The molecule has 0 saturated carbocycles. The van der Waals surface area contributed by atoms with Gasteiger partial charge < -0.3 is 20.1 Å². The number of nitriles is 1. The summed E-state index contributed by atoms with van der Waals surface area (Å²) in [6.07, 6.45) is 0. The third-order valence-corrected chi connectivity index (χ3v) is 6.23. The molecule has 0 bridgehead atoms. The van der Waals surface area contributed by atoms with Crippen LogP contribution in [0.5, 0.6) is 5.75 Å². The standard InChI is InChI=1S/C25H25N3O5S/c1-3-33-18-11-9-17(10-12-18)21-19(13-26)24(28-23(30)22(21)25(31)32-2)34-15-20(29)27-14-16-7-5-4-6-8-16/h4-12,21-22H,3,14-15H2,1-2H3,(H,27,29)(H,28,30)/t21-,22+/m1/s1. The SMILES string of the molecule is CCOc1ccc([C@@H]2C(C#N)=C(SCC(=O)NCc3ccccc3)NC(=O)[C@H]2C(=O)OC)cc1. The highest BCUT2D eigenvalue weighted by Gasteiger charge is 2.44. The largest absolute Gasteiger partial charge is 0.494 e. The van der Waals surface area contributed by atoms with E-state index in [0.717, 1.165) is 17.3 Å². The van der Waals surface area contributed by atoms with Crippen molar-refractivity contribution in [3.63, 3.8) is 0 Å². The molecule has 8 nitrogen and oxygen atoms in total. The summed E-state index contributed by atoms with van der Waals surface area (Å²) in [5, 5.41) is 15.6. The van der Waals surface area contributed by atoms with Crippen molar-refractivity contribution in [2.24, 2.45) is 5.92 Å². The summed E-state index contributed by atoms with van der Waals surface area (Å²) in [6, 6.07) is 18.5. The van der Waals surface area contributed by atoms with Gasteiger partial charge in [0.1, 0.15) is 11.7 Å². The van der Waals surface area contributed by atoms with Crippen LogP contribution in [-0.4, -0.2) is 37.3 Å². The molecule has 1 aliphatic heterocycles. The molecule has 1 heterocycles. The summed E-state index contributed by atoms with van der Waals surface area (Å²) in [5.74, 6) is -3.03. The molecule has 2 amide bonds. The first-order valence-corrected chi connectivity index (χ1v) is 11.7. The normalized spacial score (nSPS) is 17.4. The summed E-state index contributed by atoms with van der Waals surface area (Å²) < 4.78 is 10.3. The highest BCUT2D eigenvalue weighted by molar-refractivity contribution is 8.03. The van der Waals surface area contributed by atoms with Crippen LogP contribution in [0.15, 0.2) is 65.2 Å². The van der Waals surface area contributed by atoms with Crippen molar-refractivity contribution in [3.05, 3.63) is 76.3 Å². The third kappa shape index (κ3) is 5.97. The van der Waals surface area contributed by atoms with Gasteiger partial charge in [-0.2, -0.15) is 5.26 Å². The van der Waals surface area contributed by atoms with E-state index >= 15 is 0 Å². The number of allylic oxidation sites excluding steroid dienone is 1. The van der Waals surface area contributed by atoms with Gasteiger partial charge in [-0.3, -0.25) is 14.4 Å². The van der Waals surface area contributed by atoms with Crippen LogP contribution in [-0.2, 0) is 25.7 Å². The molecule has 0 aromatic heterocycles. The number of benzene rings is 2. The maximum Gasteiger partial charge on any atom is 0.319 e. The molecule has 0 aliphatic carbocycles. The number of hydrogen-bond donors (Lipinski definition) is 2. The highest BCUT2D eigenvalue weighted by Crippen LogP contribution is 2.40. The second-order valence-corrected chi connectivity index (χ2v) is 8.36. The zero-order chi connectivity index (χ0) is 24.5. The molecule has 0 unspecified atom stereocenters. The second kappa shape index (κ2) is 11.9. The van der Waals surface area contributed by atoms with Gasteiger partial charge in [-0.25, -0.2) is 0 Å². The van der Waals surface area contributed by atoms with E-state index in [-0.39, 0.29) is 22.3 Å². The number of ether oxygens (including phenoxy) is 2. The Morgan fingerprint density at radius 3 is 2.47 bits per heavy atom. The van der Waals surface area contributed by atoms with Crippen molar-refractivity contribution in [3.8, 4) is 11.8 Å². The molecule has 0 saturated heterocycles. The molecule has 2 aromatic carbocycles. The molecule has 0 spiro atoms. The lowest BCUT2D eigenvalue weighted by Gasteiger charge is -2.31. The third-order valence-electron chi connectivity index (χ3n) is 5.21. The predicted molar refractivity (Wildman–Crippen MR) is 127 cm³/mol. The number of carbonyl (C=O) groups is 3. The average molecular weight is 480 g/mol. The number of nitrogens with one attached hydrogen (secondary N) is 2. The van der Waals surface area contributed by atoms with E-state index in [1.165, 1.54) is 7.11 Å². The predicted octanol–water partition coefficient (Wildman–Crippen LogP) is 2.87. The van der Waals surface area contributed by atoms with Crippen LogP contribution in [0.25, 0.3) is 0 Å². The van der Waals surface area contributed by atoms with Gasteiger partial charge in [0.2, 0.25) is 11.8 Å². The van der Waals surface area contributed by atoms with Crippen LogP contribution in [0.4, 0.5) is 0 Å². The molecule has 2 N–H and O–H groups in total. The number of esters is 1. The van der Waals surface area contributed by atoms with E-state index in [1.54, 1.807) is 24.3 Å². The van der Waals surface area contributed by atoms with Crippen molar-refractivity contribution < 1.29 is 23.9 Å². The van der Waals surface area contributed by atoms with Gasteiger partial charge in [0.15, 0.2) is 0 Å². The number of nitrogens with zero attached hydrogens (tertiary/aromatic N) is 1. The van der Waals surface area contributed by atoms with E-state index in [9.17, 15) is 19.6 Å². The summed E-state index contributed by atoms with van der Waals surface area (Å²) in [7, 11) is 1.20. The Bertz CT molecular complexity index is 1110. The molecular formula is C25H25N3O5S. The molecular weight excluding hydrogens is 454 g/mol. The lowest BCUT2D eigenvalue weighted by molar-refractivity contribution is -0.150. The summed E-state index contributed by atoms with van der Waals surface area (Å²) in [4.78, 5) is 37.7. The Labute approximate surface area is 202 Å². The first-order valence-electron chi connectivity index (χ1n) is 10.7. The van der Waals surface area contributed by atoms with Gasteiger partial charge in [0.05, 0.1) is 36.1 Å². The fourth-order valence-corrected chi connectivity index (χ4v) is 4.48. The molecule has 2 atom stereocenters. The van der Waals surface area contributed by atoms with Crippen molar-refractivity contribution in [1.82, 2.24) is 10.6 Å². The number of amides is 2. The van der Waals surface area contributed by atoms with Crippen molar-refractivity contribution in [1.29, 1.82) is 5.26 Å². The molecule has 176 valence electrons. The quantitative estimate of drug-likeness (QED) is 0.419. The smallest absolute Gasteiger partial charge is 0.319 e. The minimum absolute atomic E-state index is 0.00742. The number of rotatable bonds is 9. The average Bonchev–Trinajstić information content (AvgIpc) is 2.86. The summed E-state index contributed by atoms with van der Waals surface area (Å²) in [5.41, 5.74) is 1.75. The summed E-state index contributed by atoms with van der Waals surface area (Å²) in [6.45, 7) is 2.73. The second-order valence-electron chi connectivity index (χ2n) is 7.38. The molecule has 2 aromatic rings. The Morgan fingerprint density at radius 2 is 1.85 bits per heavy atom. The van der Waals surface area contributed by atoms with Gasteiger partial charge in [0, 0.05) is 12.5 Å². The molecule has 9 heteroatoms. The molecule has 3 rings (SSSR count). The van der Waals surface area contributed by atoms with Crippen LogP contribution in [0.2, 0.25) is 0 Å². The molecule has 1 aliphatic rings. The van der Waals surface area contributed by atoms with E-state index in [2.05, 4.69) is 16.7 Å².